The summed E-state index contributed by atoms with van der Waals surface area (Å²) in [6.07, 6.45) is 15.7. The van der Waals surface area contributed by atoms with Crippen LogP contribution < -0.4 is 5.73 Å². The third kappa shape index (κ3) is 3.04. The molecule has 0 aromatic heterocycles. The number of allylic oxidation sites excluding steroid dienone is 6. The van der Waals surface area contributed by atoms with Crippen molar-refractivity contribution in [3.05, 3.63) is 81.9 Å². The number of hydrogen-bond donors (Lipinski definition) is 2. The van der Waals surface area contributed by atoms with Crippen LogP contribution in [-0.2, 0) is 26.3 Å². The second-order valence-corrected chi connectivity index (χ2v) is 13.4. The summed E-state index contributed by atoms with van der Waals surface area (Å²) in [5.74, 6) is 0.708. The maximum Gasteiger partial charge on any atom is 0.339 e. The number of aliphatic hydroxyl groups excluding tert-OH is 1. The molecule has 2 aliphatic heterocycles. The highest BCUT2D eigenvalue weighted by atomic mass is 16.6. The van der Waals surface area contributed by atoms with E-state index in [0.717, 1.165) is 42.4 Å². The smallest absolute Gasteiger partial charge is 0.339 e. The molecule has 6 heteroatoms. The first-order valence-corrected chi connectivity index (χ1v) is 16.1. The van der Waals surface area contributed by atoms with Gasteiger partial charge in [0.1, 0.15) is 11.2 Å². The lowest BCUT2D eigenvalue weighted by Crippen LogP contribution is -2.77. The highest BCUT2D eigenvalue weighted by molar-refractivity contribution is 6.00. The number of hydrogen-bond acceptors (Lipinski definition) is 6. The second kappa shape index (κ2) is 9.70. The SMILES string of the molecule is CCC/C(O)=C1\OC(=O)[C@@]23C4=C(CC[C@@]12[C@]1(OC(=O)c2c(CCCN)cccc21)[C@H]3CCC)[C@@H]1C=CC[C@H](C)[C@H]1C=C4. The van der Waals surface area contributed by atoms with Crippen LogP contribution in [0.1, 0.15) is 93.6 Å². The molecule has 0 amide bonds. The fourth-order valence-corrected chi connectivity index (χ4v) is 10.1. The summed E-state index contributed by atoms with van der Waals surface area (Å²) < 4.78 is 13.0. The van der Waals surface area contributed by atoms with E-state index >= 15 is 0 Å². The van der Waals surface area contributed by atoms with Crippen molar-refractivity contribution in [2.45, 2.75) is 84.2 Å². The molecule has 1 aromatic carbocycles. The summed E-state index contributed by atoms with van der Waals surface area (Å²) in [4.78, 5) is 28.6. The predicted octanol–water partition coefficient (Wildman–Crippen LogP) is 6.96. The highest BCUT2D eigenvalue weighted by Crippen LogP contribution is 2.86. The number of aryl methyl sites for hydroxylation is 1. The zero-order valence-electron chi connectivity index (χ0n) is 25.1. The summed E-state index contributed by atoms with van der Waals surface area (Å²) in [6.45, 7) is 6.98. The number of cyclic esters (lactones) is 1. The Labute approximate surface area is 248 Å². The fraction of sp³-hybridized carbons (Fsp3) is 0.556. The van der Waals surface area contributed by atoms with Crippen LogP contribution in [0.2, 0.25) is 0 Å². The average Bonchev–Trinajstić information content (AvgIpc) is 3.44. The lowest BCUT2D eigenvalue weighted by molar-refractivity contribution is -0.275. The molecule has 1 aromatic rings. The predicted molar refractivity (Wildman–Crippen MR) is 160 cm³/mol. The van der Waals surface area contributed by atoms with Crippen molar-refractivity contribution >= 4 is 11.9 Å². The van der Waals surface area contributed by atoms with Crippen molar-refractivity contribution in [2.75, 3.05) is 6.54 Å². The number of carbonyl (C=O) groups excluding carboxylic acids is 2. The van der Waals surface area contributed by atoms with Crippen molar-refractivity contribution in [1.29, 1.82) is 0 Å². The van der Waals surface area contributed by atoms with Gasteiger partial charge in [-0.15, -0.1) is 0 Å². The highest BCUT2D eigenvalue weighted by Gasteiger charge is 2.93. The molecule has 2 fully saturated rings. The van der Waals surface area contributed by atoms with E-state index < -0.39 is 16.4 Å². The molecule has 0 unspecified atom stereocenters. The summed E-state index contributed by atoms with van der Waals surface area (Å²) in [5, 5.41) is 11.6. The standard InChI is InChI=1S/C36H43NO5/c1-4-9-28(38)31-34-19-18-25-24-14-6-11-21(3)23(24)16-17-26(25)35(34,33(40)41-31)29(10-5-2)36(34)27-15-7-12-22(13-8-20-37)30(27)32(39)42-36/h6-7,12,14-17,21,23-24,29,38H,4-5,8-11,13,18-20,37H2,1-3H3/b31-28+/t21-,23+,24+,29-,34+,35-,36+/m0/s1. The average molecular weight is 570 g/mol. The van der Waals surface area contributed by atoms with Gasteiger partial charge in [0.2, 0.25) is 0 Å². The Hall–Kier alpha value is -3.12. The molecule has 0 radical (unpaired) electrons. The van der Waals surface area contributed by atoms with E-state index in [1.54, 1.807) is 0 Å². The van der Waals surface area contributed by atoms with Crippen molar-refractivity contribution < 1.29 is 24.2 Å². The maximum absolute atomic E-state index is 14.6. The Balaban J connectivity index is 1.52. The lowest BCUT2D eigenvalue weighted by Gasteiger charge is -2.71. The van der Waals surface area contributed by atoms with Gasteiger partial charge in [0.25, 0.3) is 0 Å². The third-order valence-corrected chi connectivity index (χ3v) is 11.6. The van der Waals surface area contributed by atoms with Gasteiger partial charge in [-0.05, 0) is 74.5 Å². The number of ether oxygens (including phenoxy) is 2. The lowest BCUT2D eigenvalue weighted by atomic mass is 9.29. The largest absolute Gasteiger partial charge is 0.509 e. The molecular weight excluding hydrogens is 526 g/mol. The Morgan fingerprint density at radius 2 is 2.00 bits per heavy atom. The number of aliphatic hydroxyl groups is 1. The van der Waals surface area contributed by atoms with Crippen LogP contribution in [0.5, 0.6) is 0 Å². The van der Waals surface area contributed by atoms with E-state index in [0.29, 0.717) is 61.8 Å². The zero-order chi connectivity index (χ0) is 29.4. The molecule has 6 aliphatic rings. The summed E-state index contributed by atoms with van der Waals surface area (Å²) >= 11 is 0. The first-order chi connectivity index (χ1) is 20.3. The van der Waals surface area contributed by atoms with Crippen LogP contribution in [0.15, 0.2) is 65.2 Å². The quantitative estimate of drug-likeness (QED) is 0.209. The first kappa shape index (κ1) is 27.7. The van der Waals surface area contributed by atoms with E-state index in [2.05, 4.69) is 38.2 Å². The molecule has 7 atom stereocenters. The minimum atomic E-state index is -1.09. The monoisotopic (exact) mass is 569 g/mol. The molecule has 1 saturated heterocycles. The summed E-state index contributed by atoms with van der Waals surface area (Å²) in [7, 11) is 0. The van der Waals surface area contributed by atoms with Gasteiger partial charge in [0.05, 0.1) is 11.0 Å². The van der Waals surface area contributed by atoms with Crippen molar-refractivity contribution in [1.82, 2.24) is 0 Å². The summed E-state index contributed by atoms with van der Waals surface area (Å²) in [6, 6.07) is 6.03. The van der Waals surface area contributed by atoms with Gasteiger partial charge in [-0.2, -0.15) is 0 Å². The molecular formula is C36H43NO5. The molecule has 1 spiro atoms. The van der Waals surface area contributed by atoms with Crippen molar-refractivity contribution in [2.24, 2.45) is 40.2 Å². The number of fused-ring (bicyclic) bond motifs is 4. The van der Waals surface area contributed by atoms with Crippen LogP contribution in [0.4, 0.5) is 0 Å². The molecule has 42 heavy (non-hydrogen) atoms. The Bertz CT molecular complexity index is 1480. The normalized spacial score (nSPS) is 38.3. The topological polar surface area (TPSA) is 98.9 Å². The van der Waals surface area contributed by atoms with E-state index in [1.165, 1.54) is 5.57 Å². The van der Waals surface area contributed by atoms with Crippen LogP contribution in [0.25, 0.3) is 0 Å². The molecule has 4 aliphatic carbocycles. The van der Waals surface area contributed by atoms with Crippen LogP contribution >= 0.6 is 0 Å². The van der Waals surface area contributed by atoms with Crippen molar-refractivity contribution in [3.63, 3.8) is 0 Å². The van der Waals surface area contributed by atoms with Gasteiger partial charge in [0.15, 0.2) is 11.4 Å². The van der Waals surface area contributed by atoms with E-state index in [4.69, 9.17) is 15.2 Å². The minimum Gasteiger partial charge on any atom is -0.509 e. The molecule has 0 bridgehead atoms. The molecule has 222 valence electrons. The number of carbonyl (C=O) groups is 2. The van der Waals surface area contributed by atoms with Gasteiger partial charge < -0.3 is 20.3 Å². The third-order valence-electron chi connectivity index (χ3n) is 11.6. The van der Waals surface area contributed by atoms with Crippen LogP contribution in [0, 0.1) is 34.5 Å². The van der Waals surface area contributed by atoms with Gasteiger partial charge in [-0.25, -0.2) is 4.79 Å². The minimum absolute atomic E-state index is 0.110. The Morgan fingerprint density at radius 3 is 2.76 bits per heavy atom. The maximum atomic E-state index is 14.6. The van der Waals surface area contributed by atoms with Crippen LogP contribution in [-0.4, -0.2) is 23.6 Å². The van der Waals surface area contributed by atoms with Gasteiger partial charge in [-0.1, -0.05) is 75.3 Å². The van der Waals surface area contributed by atoms with Crippen LogP contribution in [0.3, 0.4) is 0 Å². The Kier molecular flexibility index (Phi) is 6.40. The molecule has 2 heterocycles. The second-order valence-electron chi connectivity index (χ2n) is 13.4. The molecule has 1 saturated carbocycles. The van der Waals surface area contributed by atoms with E-state index in [9.17, 15) is 14.7 Å². The van der Waals surface area contributed by atoms with Gasteiger partial charge in [-0.3, -0.25) is 4.79 Å². The summed E-state index contributed by atoms with van der Waals surface area (Å²) in [5.41, 5.74) is 7.54. The number of rotatable bonds is 7. The molecule has 3 N–H and O–H groups in total. The number of nitrogens with two attached hydrogens (primary N) is 1. The van der Waals surface area contributed by atoms with E-state index in [1.807, 2.05) is 25.1 Å². The number of esters is 2. The van der Waals surface area contributed by atoms with Crippen molar-refractivity contribution in [3.8, 4) is 0 Å². The molecule has 7 rings (SSSR count). The van der Waals surface area contributed by atoms with Gasteiger partial charge >= 0.3 is 11.9 Å². The Morgan fingerprint density at radius 1 is 1.17 bits per heavy atom. The van der Waals surface area contributed by atoms with E-state index in [-0.39, 0.29) is 29.5 Å². The fourth-order valence-electron chi connectivity index (χ4n) is 10.1. The van der Waals surface area contributed by atoms with Gasteiger partial charge in [0, 0.05) is 23.8 Å². The number of benzene rings is 1. The first-order valence-electron chi connectivity index (χ1n) is 16.1. The zero-order valence-corrected chi connectivity index (χ0v) is 25.1. The molecule has 6 nitrogen and oxygen atoms in total.